The van der Waals surface area contributed by atoms with Crippen molar-refractivity contribution in [3.8, 4) is 17.2 Å². The molecule has 2 rings (SSSR count). The summed E-state index contributed by atoms with van der Waals surface area (Å²) >= 11 is 0. The highest BCUT2D eigenvalue weighted by atomic mass is 16.6. The number of carbonyl (C=O) groups is 2. The van der Waals surface area contributed by atoms with Gasteiger partial charge in [0.1, 0.15) is 5.60 Å². The van der Waals surface area contributed by atoms with Crippen LogP contribution in [-0.4, -0.2) is 51.5 Å². The van der Waals surface area contributed by atoms with Gasteiger partial charge < -0.3 is 29.6 Å². The van der Waals surface area contributed by atoms with Gasteiger partial charge in [-0.3, -0.25) is 4.79 Å². The molecule has 0 radical (unpaired) electrons. The molecule has 8 heteroatoms. The van der Waals surface area contributed by atoms with Crippen LogP contribution in [0.25, 0.3) is 0 Å². The Bertz CT molecular complexity index is 703. The van der Waals surface area contributed by atoms with Crippen LogP contribution in [0.15, 0.2) is 12.1 Å². The van der Waals surface area contributed by atoms with Gasteiger partial charge in [-0.1, -0.05) is 0 Å². The molecule has 2 amide bonds. The first kappa shape index (κ1) is 22.6. The normalized spacial score (nSPS) is 18.7. The number of carbonyl (C=O) groups excluding carboxylic acids is 2. The van der Waals surface area contributed by atoms with Crippen molar-refractivity contribution in [3.63, 3.8) is 0 Å². The summed E-state index contributed by atoms with van der Waals surface area (Å²) in [7, 11) is 4.54. The third-order valence-corrected chi connectivity index (χ3v) is 4.74. The molecule has 0 bridgehead atoms. The Morgan fingerprint density at radius 3 is 2.17 bits per heavy atom. The molecule has 8 nitrogen and oxygen atoms in total. The summed E-state index contributed by atoms with van der Waals surface area (Å²) < 4.78 is 21.2. The standard InChI is InChI=1S/C21H32N2O6/c1-21(2,3)29-20(25)22-12-13-7-8-15(9-13)23-19(24)14-10-16(26-4)18(28-6)17(11-14)27-5/h10-11,13,15H,7-9,12H2,1-6H3,(H,22,25)(H,23,24)/t13-,15+/m0/s1. The van der Waals surface area contributed by atoms with Gasteiger partial charge in [0.15, 0.2) is 11.5 Å². The second-order valence-electron chi connectivity index (χ2n) is 8.15. The van der Waals surface area contributed by atoms with E-state index < -0.39 is 11.7 Å². The SMILES string of the molecule is COc1cc(C(=O)N[C@@H]2CC[C@H](CNC(=O)OC(C)(C)C)C2)cc(OC)c1OC. The summed E-state index contributed by atoms with van der Waals surface area (Å²) in [6.07, 6.45) is 2.17. The summed E-state index contributed by atoms with van der Waals surface area (Å²) in [6, 6.07) is 3.31. The molecule has 0 aliphatic heterocycles. The Morgan fingerprint density at radius 1 is 1.03 bits per heavy atom. The lowest BCUT2D eigenvalue weighted by Gasteiger charge is -2.20. The quantitative estimate of drug-likeness (QED) is 0.720. The van der Waals surface area contributed by atoms with Gasteiger partial charge in [0.25, 0.3) is 5.91 Å². The van der Waals surface area contributed by atoms with E-state index in [1.165, 1.54) is 21.3 Å². The van der Waals surface area contributed by atoms with Crippen molar-refractivity contribution in [2.75, 3.05) is 27.9 Å². The molecule has 1 fully saturated rings. The molecule has 0 aromatic heterocycles. The molecule has 162 valence electrons. The van der Waals surface area contributed by atoms with Crippen molar-refractivity contribution in [2.24, 2.45) is 5.92 Å². The minimum Gasteiger partial charge on any atom is -0.493 e. The first-order valence-electron chi connectivity index (χ1n) is 9.74. The van der Waals surface area contributed by atoms with Crippen LogP contribution >= 0.6 is 0 Å². The average Bonchev–Trinajstić information content (AvgIpc) is 3.11. The number of amides is 2. The molecule has 1 aliphatic carbocycles. The third-order valence-electron chi connectivity index (χ3n) is 4.74. The van der Waals surface area contributed by atoms with Crippen molar-refractivity contribution in [3.05, 3.63) is 17.7 Å². The van der Waals surface area contributed by atoms with E-state index in [0.717, 1.165) is 19.3 Å². The molecular weight excluding hydrogens is 376 g/mol. The largest absolute Gasteiger partial charge is 0.493 e. The van der Waals surface area contributed by atoms with Gasteiger partial charge in [0.2, 0.25) is 5.75 Å². The van der Waals surface area contributed by atoms with Crippen LogP contribution in [0, 0.1) is 5.92 Å². The molecular formula is C21H32N2O6. The van der Waals surface area contributed by atoms with E-state index in [1.807, 2.05) is 20.8 Å². The summed E-state index contributed by atoms with van der Waals surface area (Å²) in [4.78, 5) is 24.5. The topological polar surface area (TPSA) is 95.1 Å². The van der Waals surface area contributed by atoms with Gasteiger partial charge in [-0.2, -0.15) is 0 Å². The van der Waals surface area contributed by atoms with Gasteiger partial charge >= 0.3 is 6.09 Å². The highest BCUT2D eigenvalue weighted by Gasteiger charge is 2.28. The Labute approximate surface area is 172 Å². The molecule has 1 saturated carbocycles. The summed E-state index contributed by atoms with van der Waals surface area (Å²) in [5, 5.41) is 5.86. The number of ether oxygens (including phenoxy) is 4. The molecule has 0 saturated heterocycles. The highest BCUT2D eigenvalue weighted by Crippen LogP contribution is 2.38. The van der Waals surface area contributed by atoms with Crippen LogP contribution in [0.2, 0.25) is 0 Å². The molecule has 1 aromatic carbocycles. The van der Waals surface area contributed by atoms with Gasteiger partial charge in [-0.15, -0.1) is 0 Å². The minimum absolute atomic E-state index is 0.0482. The fraction of sp³-hybridized carbons (Fsp3) is 0.619. The predicted octanol–water partition coefficient (Wildman–Crippen LogP) is 3.14. The Morgan fingerprint density at radius 2 is 1.66 bits per heavy atom. The van der Waals surface area contributed by atoms with Crippen LogP contribution < -0.4 is 24.8 Å². The molecule has 29 heavy (non-hydrogen) atoms. The van der Waals surface area contributed by atoms with E-state index in [9.17, 15) is 9.59 Å². The molecule has 2 N–H and O–H groups in total. The number of alkyl carbamates (subject to hydrolysis) is 1. The Kier molecular flexibility index (Phi) is 7.59. The lowest BCUT2D eigenvalue weighted by molar-refractivity contribution is 0.0519. The predicted molar refractivity (Wildman–Crippen MR) is 109 cm³/mol. The summed E-state index contributed by atoms with van der Waals surface area (Å²) in [6.45, 7) is 6.02. The second kappa shape index (κ2) is 9.71. The molecule has 1 aliphatic rings. The minimum atomic E-state index is -0.517. The van der Waals surface area contributed by atoms with Crippen LogP contribution in [0.3, 0.4) is 0 Å². The molecule has 0 spiro atoms. The highest BCUT2D eigenvalue weighted by molar-refractivity contribution is 5.95. The van der Waals surface area contributed by atoms with Crippen molar-refractivity contribution in [2.45, 2.75) is 51.7 Å². The van der Waals surface area contributed by atoms with Gasteiger partial charge in [0, 0.05) is 18.2 Å². The Hall–Kier alpha value is -2.64. The second-order valence-corrected chi connectivity index (χ2v) is 8.15. The van der Waals surface area contributed by atoms with E-state index in [1.54, 1.807) is 12.1 Å². The summed E-state index contributed by atoms with van der Waals surface area (Å²) in [5.41, 5.74) is -0.0775. The number of hydrogen-bond acceptors (Lipinski definition) is 6. The zero-order valence-electron chi connectivity index (χ0n) is 18.1. The number of hydrogen-bond donors (Lipinski definition) is 2. The maximum atomic E-state index is 12.7. The maximum absolute atomic E-state index is 12.7. The van der Waals surface area contributed by atoms with Crippen molar-refractivity contribution < 1.29 is 28.5 Å². The van der Waals surface area contributed by atoms with E-state index in [-0.39, 0.29) is 11.9 Å². The molecule has 2 atom stereocenters. The lowest BCUT2D eigenvalue weighted by Crippen LogP contribution is -2.36. The van der Waals surface area contributed by atoms with E-state index in [4.69, 9.17) is 18.9 Å². The van der Waals surface area contributed by atoms with E-state index >= 15 is 0 Å². The van der Waals surface area contributed by atoms with Crippen molar-refractivity contribution >= 4 is 12.0 Å². The Balaban J connectivity index is 1.91. The first-order valence-corrected chi connectivity index (χ1v) is 9.74. The molecule has 0 heterocycles. The van der Waals surface area contributed by atoms with Crippen LogP contribution in [0.5, 0.6) is 17.2 Å². The lowest BCUT2D eigenvalue weighted by atomic mass is 10.1. The van der Waals surface area contributed by atoms with Crippen LogP contribution in [0.1, 0.15) is 50.4 Å². The summed E-state index contributed by atoms with van der Waals surface area (Å²) in [5.74, 6) is 1.41. The van der Waals surface area contributed by atoms with Crippen LogP contribution in [-0.2, 0) is 4.74 Å². The average molecular weight is 408 g/mol. The smallest absolute Gasteiger partial charge is 0.407 e. The van der Waals surface area contributed by atoms with E-state index in [0.29, 0.717) is 35.3 Å². The molecule has 1 aromatic rings. The number of benzene rings is 1. The number of rotatable bonds is 7. The molecule has 0 unspecified atom stereocenters. The number of nitrogens with one attached hydrogen (secondary N) is 2. The zero-order chi connectivity index (χ0) is 21.6. The van der Waals surface area contributed by atoms with Crippen molar-refractivity contribution in [1.29, 1.82) is 0 Å². The maximum Gasteiger partial charge on any atom is 0.407 e. The van der Waals surface area contributed by atoms with Gasteiger partial charge in [0.05, 0.1) is 21.3 Å². The van der Waals surface area contributed by atoms with Gasteiger partial charge in [-0.25, -0.2) is 4.79 Å². The van der Waals surface area contributed by atoms with E-state index in [2.05, 4.69) is 10.6 Å². The number of methoxy groups -OCH3 is 3. The van der Waals surface area contributed by atoms with Crippen molar-refractivity contribution in [1.82, 2.24) is 10.6 Å². The zero-order valence-corrected chi connectivity index (χ0v) is 18.1. The van der Waals surface area contributed by atoms with Crippen LogP contribution in [0.4, 0.5) is 4.79 Å². The fourth-order valence-corrected chi connectivity index (χ4v) is 3.41. The fourth-order valence-electron chi connectivity index (χ4n) is 3.41. The third kappa shape index (κ3) is 6.44. The first-order chi connectivity index (χ1) is 13.7. The monoisotopic (exact) mass is 408 g/mol. The van der Waals surface area contributed by atoms with Gasteiger partial charge in [-0.05, 0) is 58.1 Å².